The fourth-order valence-corrected chi connectivity index (χ4v) is 1.58. The zero-order valence-electron chi connectivity index (χ0n) is 8.49. The van der Waals surface area contributed by atoms with Gasteiger partial charge in [0.2, 0.25) is 0 Å². The smallest absolute Gasteiger partial charge is 0.303 e. The summed E-state index contributed by atoms with van der Waals surface area (Å²) in [5.41, 5.74) is 2.62. The van der Waals surface area contributed by atoms with Crippen LogP contribution in [0.25, 0.3) is 0 Å². The van der Waals surface area contributed by atoms with Gasteiger partial charge in [-0.15, -0.1) is 0 Å². The predicted molar refractivity (Wildman–Crippen MR) is 56.4 cm³/mol. The molecule has 0 unspecified atom stereocenters. The van der Waals surface area contributed by atoms with Crippen molar-refractivity contribution < 1.29 is 9.90 Å². The number of carboxylic acids is 1. The van der Waals surface area contributed by atoms with Crippen LogP contribution in [0.4, 0.5) is 0 Å². The summed E-state index contributed by atoms with van der Waals surface area (Å²) in [4.78, 5) is 10.3. The standard InChI is InChI=1S/C12H16O2/c1-2-10-6-3-4-7-11(10)8-5-9-12(13)14/h3-4,6-7H,2,5,8-9H2,1H3,(H,13,14). The van der Waals surface area contributed by atoms with Crippen molar-refractivity contribution in [2.45, 2.75) is 32.6 Å². The first kappa shape index (κ1) is 10.8. The molecule has 1 aromatic carbocycles. The van der Waals surface area contributed by atoms with Gasteiger partial charge < -0.3 is 5.11 Å². The van der Waals surface area contributed by atoms with Crippen LogP contribution in [0.3, 0.4) is 0 Å². The van der Waals surface area contributed by atoms with Gasteiger partial charge in [0, 0.05) is 6.42 Å². The van der Waals surface area contributed by atoms with Gasteiger partial charge in [-0.2, -0.15) is 0 Å². The van der Waals surface area contributed by atoms with Crippen molar-refractivity contribution in [2.75, 3.05) is 0 Å². The molecule has 14 heavy (non-hydrogen) atoms. The Morgan fingerprint density at radius 2 is 1.93 bits per heavy atom. The first-order valence-electron chi connectivity index (χ1n) is 5.02. The maximum atomic E-state index is 10.3. The Bertz CT molecular complexity index is 305. The quantitative estimate of drug-likeness (QED) is 0.778. The average molecular weight is 192 g/mol. The van der Waals surface area contributed by atoms with E-state index in [1.807, 2.05) is 12.1 Å². The fourth-order valence-electron chi connectivity index (χ4n) is 1.58. The van der Waals surface area contributed by atoms with Gasteiger partial charge in [-0.1, -0.05) is 31.2 Å². The van der Waals surface area contributed by atoms with Gasteiger partial charge in [0.1, 0.15) is 0 Å². The zero-order chi connectivity index (χ0) is 10.4. The third kappa shape index (κ3) is 3.21. The molecular weight excluding hydrogens is 176 g/mol. The minimum Gasteiger partial charge on any atom is -0.481 e. The maximum Gasteiger partial charge on any atom is 0.303 e. The highest BCUT2D eigenvalue weighted by molar-refractivity contribution is 5.66. The molecule has 0 fully saturated rings. The summed E-state index contributed by atoms with van der Waals surface area (Å²) in [5, 5.41) is 8.52. The van der Waals surface area contributed by atoms with Crippen LogP contribution >= 0.6 is 0 Å². The van der Waals surface area contributed by atoms with Gasteiger partial charge >= 0.3 is 5.97 Å². The lowest BCUT2D eigenvalue weighted by molar-refractivity contribution is -0.137. The van der Waals surface area contributed by atoms with Crippen LogP contribution in [0, 0.1) is 0 Å². The van der Waals surface area contributed by atoms with Crippen molar-refractivity contribution >= 4 is 5.97 Å². The molecule has 0 saturated carbocycles. The van der Waals surface area contributed by atoms with Gasteiger partial charge in [-0.3, -0.25) is 4.79 Å². The van der Waals surface area contributed by atoms with Gasteiger partial charge in [-0.25, -0.2) is 0 Å². The van der Waals surface area contributed by atoms with Crippen molar-refractivity contribution in [3.63, 3.8) is 0 Å². The van der Waals surface area contributed by atoms with E-state index in [1.165, 1.54) is 11.1 Å². The summed E-state index contributed by atoms with van der Waals surface area (Å²) >= 11 is 0. The van der Waals surface area contributed by atoms with Gasteiger partial charge in [0.25, 0.3) is 0 Å². The van der Waals surface area contributed by atoms with E-state index in [1.54, 1.807) is 0 Å². The van der Waals surface area contributed by atoms with Crippen molar-refractivity contribution in [3.8, 4) is 0 Å². The second-order valence-corrected chi connectivity index (χ2v) is 3.37. The molecule has 1 aromatic rings. The number of carboxylic acid groups (broad SMARTS) is 1. The summed E-state index contributed by atoms with van der Waals surface area (Å²) in [7, 11) is 0. The molecular formula is C12H16O2. The molecule has 0 aliphatic heterocycles. The van der Waals surface area contributed by atoms with Gasteiger partial charge in [-0.05, 0) is 30.4 Å². The van der Waals surface area contributed by atoms with Crippen LogP contribution in [0.1, 0.15) is 30.9 Å². The van der Waals surface area contributed by atoms with Crippen LogP contribution in [0.5, 0.6) is 0 Å². The van der Waals surface area contributed by atoms with Gasteiger partial charge in [0.15, 0.2) is 0 Å². The topological polar surface area (TPSA) is 37.3 Å². The van der Waals surface area contributed by atoms with Crippen LogP contribution in [-0.2, 0) is 17.6 Å². The second-order valence-electron chi connectivity index (χ2n) is 3.37. The van der Waals surface area contributed by atoms with E-state index in [2.05, 4.69) is 19.1 Å². The molecule has 0 aliphatic carbocycles. The Labute approximate surface area is 84.6 Å². The lowest BCUT2D eigenvalue weighted by Gasteiger charge is -2.05. The summed E-state index contributed by atoms with van der Waals surface area (Å²) in [5.74, 6) is -0.709. The van der Waals surface area contributed by atoms with Crippen LogP contribution in [-0.4, -0.2) is 11.1 Å². The number of aryl methyl sites for hydroxylation is 2. The van der Waals surface area contributed by atoms with Crippen LogP contribution in [0.15, 0.2) is 24.3 Å². The first-order chi connectivity index (χ1) is 6.74. The Hall–Kier alpha value is -1.31. The molecule has 0 radical (unpaired) electrons. The molecule has 2 nitrogen and oxygen atoms in total. The molecule has 1 rings (SSSR count). The molecule has 0 spiro atoms. The number of hydrogen-bond acceptors (Lipinski definition) is 1. The lowest BCUT2D eigenvalue weighted by Crippen LogP contribution is -1.98. The SMILES string of the molecule is CCc1ccccc1CCCC(=O)O. The lowest BCUT2D eigenvalue weighted by atomic mass is 10.0. The Morgan fingerprint density at radius 1 is 1.29 bits per heavy atom. The Morgan fingerprint density at radius 3 is 2.50 bits per heavy atom. The number of rotatable bonds is 5. The molecule has 0 aliphatic rings. The Kier molecular flexibility index (Phi) is 4.17. The van der Waals surface area contributed by atoms with Crippen molar-refractivity contribution in [3.05, 3.63) is 35.4 Å². The molecule has 0 saturated heterocycles. The first-order valence-corrected chi connectivity index (χ1v) is 5.02. The number of aliphatic carboxylic acids is 1. The van der Waals surface area contributed by atoms with Crippen LogP contribution < -0.4 is 0 Å². The van der Waals surface area contributed by atoms with Crippen LogP contribution in [0.2, 0.25) is 0 Å². The van der Waals surface area contributed by atoms with Crippen molar-refractivity contribution in [1.82, 2.24) is 0 Å². The van der Waals surface area contributed by atoms with E-state index in [-0.39, 0.29) is 6.42 Å². The minimum atomic E-state index is -0.709. The summed E-state index contributed by atoms with van der Waals surface area (Å²) < 4.78 is 0. The maximum absolute atomic E-state index is 10.3. The van der Waals surface area contributed by atoms with E-state index >= 15 is 0 Å². The minimum absolute atomic E-state index is 0.262. The number of benzene rings is 1. The number of carbonyl (C=O) groups is 1. The fraction of sp³-hybridized carbons (Fsp3) is 0.417. The van der Waals surface area contributed by atoms with E-state index in [0.717, 1.165) is 19.3 Å². The van der Waals surface area contributed by atoms with Gasteiger partial charge in [0.05, 0.1) is 0 Å². The zero-order valence-corrected chi connectivity index (χ0v) is 8.49. The van der Waals surface area contributed by atoms with E-state index in [0.29, 0.717) is 0 Å². The molecule has 76 valence electrons. The molecule has 0 heterocycles. The third-order valence-electron chi connectivity index (χ3n) is 2.34. The van der Waals surface area contributed by atoms with E-state index in [4.69, 9.17) is 5.11 Å². The third-order valence-corrected chi connectivity index (χ3v) is 2.34. The molecule has 0 bridgehead atoms. The Balaban J connectivity index is 2.53. The highest BCUT2D eigenvalue weighted by Gasteiger charge is 2.01. The number of hydrogen-bond donors (Lipinski definition) is 1. The summed E-state index contributed by atoms with van der Waals surface area (Å²) in [6, 6.07) is 8.23. The molecule has 2 heteroatoms. The van der Waals surface area contributed by atoms with Crippen molar-refractivity contribution in [1.29, 1.82) is 0 Å². The largest absolute Gasteiger partial charge is 0.481 e. The molecule has 0 amide bonds. The average Bonchev–Trinajstić information content (AvgIpc) is 2.18. The second kappa shape index (κ2) is 5.43. The van der Waals surface area contributed by atoms with E-state index < -0.39 is 5.97 Å². The van der Waals surface area contributed by atoms with E-state index in [9.17, 15) is 4.79 Å². The monoisotopic (exact) mass is 192 g/mol. The molecule has 1 N–H and O–H groups in total. The highest BCUT2D eigenvalue weighted by atomic mass is 16.4. The highest BCUT2D eigenvalue weighted by Crippen LogP contribution is 2.12. The van der Waals surface area contributed by atoms with Crippen molar-refractivity contribution in [2.24, 2.45) is 0 Å². The molecule has 0 aromatic heterocycles. The summed E-state index contributed by atoms with van der Waals surface area (Å²) in [6.45, 7) is 2.12. The summed E-state index contributed by atoms with van der Waals surface area (Å²) in [6.07, 6.45) is 2.88. The normalized spacial score (nSPS) is 10.1. The predicted octanol–water partition coefficient (Wildman–Crippen LogP) is 2.66. The molecule has 0 atom stereocenters.